The van der Waals surface area contributed by atoms with E-state index in [-0.39, 0.29) is 0 Å². The van der Waals surface area contributed by atoms with Gasteiger partial charge < -0.3 is 14.4 Å². The minimum Gasteiger partial charge on any atom is -0.488 e. The van der Waals surface area contributed by atoms with Gasteiger partial charge in [0.25, 0.3) is 0 Å². The average Bonchev–Trinajstić information content (AvgIpc) is 2.55. The molecular weight excluding hydrogens is 274 g/mol. The molecule has 0 radical (unpaired) electrons. The van der Waals surface area contributed by atoms with Crippen LogP contribution in [0.1, 0.15) is 19.4 Å². The third-order valence-corrected chi connectivity index (χ3v) is 3.72. The van der Waals surface area contributed by atoms with E-state index in [0.29, 0.717) is 6.61 Å². The number of ether oxygens (including phenoxy) is 2. The lowest BCUT2D eigenvalue weighted by Gasteiger charge is -2.19. The predicted molar refractivity (Wildman–Crippen MR) is 91.0 cm³/mol. The Labute approximate surface area is 133 Å². The predicted octanol–water partition coefficient (Wildman–Crippen LogP) is 4.51. The van der Waals surface area contributed by atoms with E-state index in [1.165, 1.54) is 0 Å². The molecule has 3 heteroatoms. The lowest BCUT2D eigenvalue weighted by atomic mass is 10.2. The Hall–Kier alpha value is -2.00. The molecule has 0 aliphatic rings. The molecule has 0 aromatic heterocycles. The first-order valence-electron chi connectivity index (χ1n) is 7.92. The van der Waals surface area contributed by atoms with E-state index in [0.717, 1.165) is 42.4 Å². The van der Waals surface area contributed by atoms with Crippen LogP contribution >= 0.6 is 0 Å². The summed E-state index contributed by atoms with van der Waals surface area (Å²) in [6, 6.07) is 15.8. The molecule has 0 atom stereocenters. The standard InChI is InChI=1S/C19H25NO2/c1-4-20(5-2)14-15-21-18-12-8-9-13-19(18)22-17-11-7-6-10-16(17)3/h6-13H,4-5,14-15H2,1-3H3. The number of hydrogen-bond donors (Lipinski definition) is 0. The van der Waals surface area contributed by atoms with Crippen molar-refractivity contribution in [1.82, 2.24) is 4.90 Å². The van der Waals surface area contributed by atoms with Crippen molar-refractivity contribution < 1.29 is 9.47 Å². The summed E-state index contributed by atoms with van der Waals surface area (Å²) in [6.07, 6.45) is 0. The molecule has 0 amide bonds. The molecule has 0 unspecified atom stereocenters. The van der Waals surface area contributed by atoms with E-state index in [4.69, 9.17) is 9.47 Å². The van der Waals surface area contributed by atoms with Crippen LogP contribution in [0.25, 0.3) is 0 Å². The van der Waals surface area contributed by atoms with Gasteiger partial charge in [-0.05, 0) is 43.8 Å². The zero-order valence-electron chi connectivity index (χ0n) is 13.7. The van der Waals surface area contributed by atoms with Crippen molar-refractivity contribution in [3.05, 3.63) is 54.1 Å². The molecule has 0 aliphatic heterocycles. The van der Waals surface area contributed by atoms with Gasteiger partial charge in [0.2, 0.25) is 0 Å². The smallest absolute Gasteiger partial charge is 0.169 e. The van der Waals surface area contributed by atoms with Crippen molar-refractivity contribution >= 4 is 0 Å². The van der Waals surface area contributed by atoms with Crippen molar-refractivity contribution in [2.24, 2.45) is 0 Å². The number of para-hydroxylation sites is 3. The molecule has 0 saturated carbocycles. The van der Waals surface area contributed by atoms with Crippen LogP contribution in [0.5, 0.6) is 17.2 Å². The van der Waals surface area contributed by atoms with Gasteiger partial charge in [-0.3, -0.25) is 0 Å². The van der Waals surface area contributed by atoms with Crippen LogP contribution in [-0.4, -0.2) is 31.1 Å². The fraction of sp³-hybridized carbons (Fsp3) is 0.368. The Balaban J connectivity index is 2.02. The topological polar surface area (TPSA) is 21.7 Å². The van der Waals surface area contributed by atoms with E-state index in [2.05, 4.69) is 18.7 Å². The molecule has 0 bridgehead atoms. The Kier molecular flexibility index (Phi) is 6.28. The fourth-order valence-electron chi connectivity index (χ4n) is 2.27. The van der Waals surface area contributed by atoms with Crippen LogP contribution in [0.2, 0.25) is 0 Å². The second kappa shape index (κ2) is 8.44. The number of aryl methyl sites for hydroxylation is 1. The molecule has 0 saturated heterocycles. The Morgan fingerprint density at radius 1 is 0.818 bits per heavy atom. The van der Waals surface area contributed by atoms with E-state index in [1.54, 1.807) is 0 Å². The van der Waals surface area contributed by atoms with Crippen LogP contribution in [0.4, 0.5) is 0 Å². The van der Waals surface area contributed by atoms with Gasteiger partial charge in [0, 0.05) is 6.54 Å². The maximum Gasteiger partial charge on any atom is 0.169 e. The zero-order chi connectivity index (χ0) is 15.8. The van der Waals surface area contributed by atoms with Crippen molar-refractivity contribution in [3.8, 4) is 17.2 Å². The Morgan fingerprint density at radius 3 is 2.05 bits per heavy atom. The van der Waals surface area contributed by atoms with Crippen LogP contribution < -0.4 is 9.47 Å². The number of likely N-dealkylation sites (N-methyl/N-ethyl adjacent to an activating group) is 1. The van der Waals surface area contributed by atoms with Crippen LogP contribution in [0.3, 0.4) is 0 Å². The third-order valence-electron chi connectivity index (χ3n) is 3.72. The molecule has 0 spiro atoms. The highest BCUT2D eigenvalue weighted by atomic mass is 16.5. The summed E-state index contributed by atoms with van der Waals surface area (Å²) in [7, 11) is 0. The van der Waals surface area contributed by atoms with Crippen LogP contribution in [0, 0.1) is 6.92 Å². The molecule has 3 nitrogen and oxygen atoms in total. The second-order valence-electron chi connectivity index (χ2n) is 5.19. The first-order valence-corrected chi connectivity index (χ1v) is 7.92. The number of rotatable bonds is 8. The van der Waals surface area contributed by atoms with Gasteiger partial charge in [0.1, 0.15) is 12.4 Å². The maximum absolute atomic E-state index is 6.01. The second-order valence-corrected chi connectivity index (χ2v) is 5.19. The number of nitrogens with zero attached hydrogens (tertiary/aromatic N) is 1. The van der Waals surface area contributed by atoms with Gasteiger partial charge in [-0.2, -0.15) is 0 Å². The normalized spacial score (nSPS) is 10.7. The number of hydrogen-bond acceptors (Lipinski definition) is 3. The molecule has 0 aliphatic carbocycles. The highest BCUT2D eigenvalue weighted by molar-refractivity contribution is 5.44. The minimum absolute atomic E-state index is 0.663. The number of benzene rings is 2. The lowest BCUT2D eigenvalue weighted by molar-refractivity contribution is 0.218. The zero-order valence-corrected chi connectivity index (χ0v) is 13.7. The monoisotopic (exact) mass is 299 g/mol. The first-order chi connectivity index (χ1) is 10.7. The molecule has 0 heterocycles. The van der Waals surface area contributed by atoms with Crippen molar-refractivity contribution in [3.63, 3.8) is 0 Å². The summed E-state index contributed by atoms with van der Waals surface area (Å²) < 4.78 is 11.9. The average molecular weight is 299 g/mol. The molecule has 0 N–H and O–H groups in total. The largest absolute Gasteiger partial charge is 0.488 e. The Bertz CT molecular complexity index is 579. The van der Waals surface area contributed by atoms with E-state index in [9.17, 15) is 0 Å². The van der Waals surface area contributed by atoms with Gasteiger partial charge in [0.05, 0.1) is 0 Å². The highest BCUT2D eigenvalue weighted by Gasteiger charge is 2.08. The summed E-state index contributed by atoms with van der Waals surface area (Å²) in [5, 5.41) is 0. The fourth-order valence-corrected chi connectivity index (χ4v) is 2.27. The van der Waals surface area contributed by atoms with Gasteiger partial charge in [0.15, 0.2) is 11.5 Å². The SMILES string of the molecule is CCN(CC)CCOc1ccccc1Oc1ccccc1C. The van der Waals surface area contributed by atoms with Gasteiger partial charge in [-0.15, -0.1) is 0 Å². The van der Waals surface area contributed by atoms with Crippen LogP contribution in [-0.2, 0) is 0 Å². The summed E-state index contributed by atoms with van der Waals surface area (Å²) >= 11 is 0. The van der Waals surface area contributed by atoms with E-state index in [1.807, 2.05) is 55.5 Å². The Morgan fingerprint density at radius 2 is 1.41 bits per heavy atom. The van der Waals surface area contributed by atoms with Gasteiger partial charge in [-0.1, -0.05) is 44.2 Å². The highest BCUT2D eigenvalue weighted by Crippen LogP contribution is 2.32. The maximum atomic E-state index is 6.01. The molecular formula is C19H25NO2. The summed E-state index contributed by atoms with van der Waals surface area (Å²) in [5.41, 5.74) is 1.11. The summed E-state index contributed by atoms with van der Waals surface area (Å²) in [6.45, 7) is 10.0. The van der Waals surface area contributed by atoms with Crippen molar-refractivity contribution in [2.75, 3.05) is 26.2 Å². The van der Waals surface area contributed by atoms with E-state index >= 15 is 0 Å². The quantitative estimate of drug-likeness (QED) is 0.716. The third kappa shape index (κ3) is 4.50. The lowest BCUT2D eigenvalue weighted by Crippen LogP contribution is -2.27. The molecule has 2 rings (SSSR count). The van der Waals surface area contributed by atoms with Crippen molar-refractivity contribution in [1.29, 1.82) is 0 Å². The van der Waals surface area contributed by atoms with Crippen molar-refractivity contribution in [2.45, 2.75) is 20.8 Å². The van der Waals surface area contributed by atoms with Gasteiger partial charge in [-0.25, -0.2) is 0 Å². The molecule has 22 heavy (non-hydrogen) atoms. The van der Waals surface area contributed by atoms with E-state index < -0.39 is 0 Å². The first kappa shape index (κ1) is 16.4. The minimum atomic E-state index is 0.663. The summed E-state index contributed by atoms with van der Waals surface area (Å²) in [5.74, 6) is 2.41. The van der Waals surface area contributed by atoms with Crippen LogP contribution in [0.15, 0.2) is 48.5 Å². The van der Waals surface area contributed by atoms with Gasteiger partial charge >= 0.3 is 0 Å². The molecule has 2 aromatic rings. The molecule has 118 valence electrons. The molecule has 0 fully saturated rings. The summed E-state index contributed by atoms with van der Waals surface area (Å²) in [4.78, 5) is 2.34. The molecule has 2 aromatic carbocycles.